The highest BCUT2D eigenvalue weighted by molar-refractivity contribution is 7.21. The number of ether oxygens (including phenoxy) is 1. The molecule has 0 atom stereocenters. The van der Waals surface area contributed by atoms with Crippen molar-refractivity contribution in [3.05, 3.63) is 78.4 Å². The van der Waals surface area contributed by atoms with Gasteiger partial charge < -0.3 is 10.1 Å². The van der Waals surface area contributed by atoms with Gasteiger partial charge >= 0.3 is 0 Å². The third-order valence-electron chi connectivity index (χ3n) is 4.05. The second-order valence-electron chi connectivity index (χ2n) is 5.69. The Hall–Kier alpha value is -3.18. The Balaban J connectivity index is 1.71. The van der Waals surface area contributed by atoms with E-state index in [9.17, 15) is 4.79 Å². The van der Waals surface area contributed by atoms with Crippen LogP contribution in [0.2, 0.25) is 0 Å². The van der Waals surface area contributed by atoms with E-state index in [-0.39, 0.29) is 5.91 Å². The van der Waals surface area contributed by atoms with Gasteiger partial charge in [0.25, 0.3) is 5.91 Å². The molecule has 4 nitrogen and oxygen atoms in total. The summed E-state index contributed by atoms with van der Waals surface area (Å²) in [5.41, 5.74) is 3.08. The zero-order chi connectivity index (χ0) is 17.9. The van der Waals surface area contributed by atoms with Crippen LogP contribution < -0.4 is 10.1 Å². The number of thiazole rings is 1. The second-order valence-corrected chi connectivity index (χ2v) is 6.72. The number of methoxy groups -OCH3 is 1. The summed E-state index contributed by atoms with van der Waals surface area (Å²) in [5, 5.41) is 3.87. The highest BCUT2D eigenvalue weighted by Gasteiger charge is 2.15. The average molecular weight is 360 g/mol. The number of carbonyl (C=O) groups excluding carboxylic acids is 1. The lowest BCUT2D eigenvalue weighted by Crippen LogP contribution is -2.13. The maximum Gasteiger partial charge on any atom is 0.259 e. The number of rotatable bonds is 4. The fourth-order valence-corrected chi connectivity index (χ4v) is 3.79. The van der Waals surface area contributed by atoms with Crippen molar-refractivity contribution in [2.24, 2.45) is 0 Å². The van der Waals surface area contributed by atoms with Crippen molar-refractivity contribution >= 4 is 33.1 Å². The number of fused-ring (bicyclic) bond motifs is 1. The van der Waals surface area contributed by atoms with E-state index in [0.717, 1.165) is 26.5 Å². The lowest BCUT2D eigenvalue weighted by atomic mass is 10.1. The first-order chi connectivity index (χ1) is 12.8. The standard InChI is InChI=1S/C21H16N2O2S/c1-25-18-12-6-3-9-15(18)20(24)22-16-10-4-2-8-14(16)21-23-17-11-5-7-13-19(17)26-21/h2-13H,1H3,(H,22,24). The number of hydrogen-bond acceptors (Lipinski definition) is 4. The van der Waals surface area contributed by atoms with E-state index in [4.69, 9.17) is 9.72 Å². The third-order valence-corrected chi connectivity index (χ3v) is 5.12. The molecule has 128 valence electrons. The molecule has 0 fully saturated rings. The molecule has 0 bridgehead atoms. The van der Waals surface area contributed by atoms with Gasteiger partial charge in [0, 0.05) is 5.56 Å². The first kappa shape index (κ1) is 16.3. The van der Waals surface area contributed by atoms with Gasteiger partial charge in [-0.1, -0.05) is 36.4 Å². The van der Waals surface area contributed by atoms with Gasteiger partial charge in [-0.25, -0.2) is 4.98 Å². The van der Waals surface area contributed by atoms with Crippen molar-refractivity contribution < 1.29 is 9.53 Å². The van der Waals surface area contributed by atoms with Gasteiger partial charge in [-0.05, 0) is 36.4 Å². The molecule has 5 heteroatoms. The number of nitrogens with one attached hydrogen (secondary N) is 1. The molecule has 0 aliphatic heterocycles. The van der Waals surface area contributed by atoms with Crippen LogP contribution in [0.4, 0.5) is 5.69 Å². The fourth-order valence-electron chi connectivity index (χ4n) is 2.79. The van der Waals surface area contributed by atoms with Crippen LogP contribution in [-0.4, -0.2) is 18.0 Å². The summed E-state index contributed by atoms with van der Waals surface area (Å²) in [6, 6.07) is 22.9. The first-order valence-corrected chi connectivity index (χ1v) is 8.97. The minimum absolute atomic E-state index is 0.212. The van der Waals surface area contributed by atoms with E-state index in [1.54, 1.807) is 30.6 Å². The highest BCUT2D eigenvalue weighted by Crippen LogP contribution is 2.34. The fraction of sp³-hybridized carbons (Fsp3) is 0.0476. The van der Waals surface area contributed by atoms with Crippen molar-refractivity contribution in [2.75, 3.05) is 12.4 Å². The predicted octanol–water partition coefficient (Wildman–Crippen LogP) is 5.22. The molecule has 0 aliphatic rings. The molecule has 1 aromatic heterocycles. The van der Waals surface area contributed by atoms with E-state index in [1.807, 2.05) is 60.7 Å². The Morgan fingerprint density at radius 3 is 2.54 bits per heavy atom. The molecule has 3 aromatic carbocycles. The molecular weight excluding hydrogens is 344 g/mol. The molecule has 0 aliphatic carbocycles. The van der Waals surface area contributed by atoms with Crippen LogP contribution in [0.3, 0.4) is 0 Å². The van der Waals surface area contributed by atoms with Crippen LogP contribution in [0.5, 0.6) is 5.75 Å². The Labute approximate surface area is 155 Å². The van der Waals surface area contributed by atoms with Crippen LogP contribution >= 0.6 is 11.3 Å². The van der Waals surface area contributed by atoms with Crippen molar-refractivity contribution in [3.63, 3.8) is 0 Å². The topological polar surface area (TPSA) is 51.2 Å². The van der Waals surface area contributed by atoms with Crippen LogP contribution in [0.15, 0.2) is 72.8 Å². The van der Waals surface area contributed by atoms with Gasteiger partial charge in [-0.2, -0.15) is 0 Å². The molecule has 0 saturated heterocycles. The minimum Gasteiger partial charge on any atom is -0.496 e. The molecule has 4 aromatic rings. The molecule has 0 radical (unpaired) electrons. The molecule has 4 rings (SSSR count). The summed E-state index contributed by atoms with van der Waals surface area (Å²) in [6.45, 7) is 0. The molecule has 1 N–H and O–H groups in total. The molecule has 26 heavy (non-hydrogen) atoms. The number of para-hydroxylation sites is 3. The first-order valence-electron chi connectivity index (χ1n) is 8.15. The normalized spacial score (nSPS) is 10.7. The molecule has 0 saturated carbocycles. The van der Waals surface area contributed by atoms with E-state index in [2.05, 4.69) is 5.32 Å². The Bertz CT molecular complexity index is 1060. The maximum absolute atomic E-state index is 12.7. The van der Waals surface area contributed by atoms with Gasteiger partial charge in [-0.15, -0.1) is 11.3 Å². The van der Waals surface area contributed by atoms with E-state index in [0.29, 0.717) is 11.3 Å². The van der Waals surface area contributed by atoms with Crippen LogP contribution in [0.25, 0.3) is 20.8 Å². The Kier molecular flexibility index (Phi) is 4.37. The zero-order valence-corrected chi connectivity index (χ0v) is 14.9. The number of aromatic nitrogens is 1. The molecule has 0 unspecified atom stereocenters. The second kappa shape index (κ2) is 6.98. The number of carbonyl (C=O) groups is 1. The number of nitrogens with zero attached hydrogens (tertiary/aromatic N) is 1. The summed E-state index contributed by atoms with van der Waals surface area (Å²) in [4.78, 5) is 17.4. The summed E-state index contributed by atoms with van der Waals surface area (Å²) in [6.07, 6.45) is 0. The summed E-state index contributed by atoms with van der Waals surface area (Å²) < 4.78 is 6.41. The predicted molar refractivity (Wildman–Crippen MR) is 106 cm³/mol. The van der Waals surface area contributed by atoms with Crippen LogP contribution in [0.1, 0.15) is 10.4 Å². The monoisotopic (exact) mass is 360 g/mol. The third kappa shape index (κ3) is 3.05. The van der Waals surface area contributed by atoms with Crippen LogP contribution in [0, 0.1) is 0 Å². The van der Waals surface area contributed by atoms with Crippen molar-refractivity contribution in [3.8, 4) is 16.3 Å². The highest BCUT2D eigenvalue weighted by atomic mass is 32.1. The van der Waals surface area contributed by atoms with Gasteiger partial charge in [-0.3, -0.25) is 4.79 Å². The number of anilines is 1. The maximum atomic E-state index is 12.7. The smallest absolute Gasteiger partial charge is 0.259 e. The number of hydrogen-bond donors (Lipinski definition) is 1. The summed E-state index contributed by atoms with van der Waals surface area (Å²) in [5.74, 6) is 0.332. The number of benzene rings is 3. The molecule has 1 amide bonds. The van der Waals surface area contributed by atoms with Gasteiger partial charge in [0.1, 0.15) is 10.8 Å². The SMILES string of the molecule is COc1ccccc1C(=O)Nc1ccccc1-c1nc2ccccc2s1. The lowest BCUT2D eigenvalue weighted by Gasteiger charge is -2.11. The Morgan fingerprint density at radius 1 is 0.962 bits per heavy atom. The van der Waals surface area contributed by atoms with E-state index in [1.165, 1.54) is 0 Å². The van der Waals surface area contributed by atoms with Crippen molar-refractivity contribution in [1.29, 1.82) is 0 Å². The Morgan fingerprint density at radius 2 is 1.69 bits per heavy atom. The average Bonchev–Trinajstić information content (AvgIpc) is 3.12. The number of amides is 1. The van der Waals surface area contributed by atoms with E-state index >= 15 is 0 Å². The minimum atomic E-state index is -0.212. The lowest BCUT2D eigenvalue weighted by molar-refractivity contribution is 0.102. The molecule has 0 spiro atoms. The molecule has 1 heterocycles. The summed E-state index contributed by atoms with van der Waals surface area (Å²) >= 11 is 1.61. The van der Waals surface area contributed by atoms with Gasteiger partial charge in [0.05, 0.1) is 28.6 Å². The van der Waals surface area contributed by atoms with E-state index < -0.39 is 0 Å². The zero-order valence-electron chi connectivity index (χ0n) is 14.1. The quantitative estimate of drug-likeness (QED) is 0.542. The van der Waals surface area contributed by atoms with Crippen molar-refractivity contribution in [2.45, 2.75) is 0 Å². The van der Waals surface area contributed by atoms with Crippen LogP contribution in [-0.2, 0) is 0 Å². The van der Waals surface area contributed by atoms with Crippen molar-refractivity contribution in [1.82, 2.24) is 4.98 Å². The van der Waals surface area contributed by atoms with Gasteiger partial charge in [0.2, 0.25) is 0 Å². The summed E-state index contributed by atoms with van der Waals surface area (Å²) in [7, 11) is 1.56. The van der Waals surface area contributed by atoms with Gasteiger partial charge in [0.15, 0.2) is 0 Å². The molecular formula is C21H16N2O2S. The largest absolute Gasteiger partial charge is 0.496 e.